The molecule has 162 valence electrons. The maximum Gasteiger partial charge on any atom is 1.20 e. The summed E-state index contributed by atoms with van der Waals surface area (Å²) in [6.07, 6.45) is 5.55. The molecule has 0 aliphatic carbocycles. The van der Waals surface area contributed by atoms with E-state index < -0.39 is 33.1 Å². The molecule has 0 heterocycles. The largest absolute Gasteiger partial charge is 1.20 e. The fraction of sp³-hybridized carbons (Fsp3) is 0.833. The van der Waals surface area contributed by atoms with Crippen LogP contribution in [0.15, 0.2) is 0 Å². The summed E-state index contributed by atoms with van der Waals surface area (Å²) in [6, 6.07) is 0. The quantitative estimate of drug-likeness (QED) is 0.221. The Morgan fingerprint density at radius 1 is 0.500 bits per heavy atom. The lowest BCUT2D eigenvalue weighted by Crippen LogP contribution is -2.34. The summed E-state index contributed by atoms with van der Waals surface area (Å²) in [5, 5.41) is 26.2. The van der Waals surface area contributed by atoms with Crippen LogP contribution in [0.5, 0.6) is 0 Å². The second-order valence-electron chi connectivity index (χ2n) is 6.36. The molecule has 0 aliphatic rings. The third-order valence-electron chi connectivity index (χ3n) is 3.80. The minimum absolute atomic E-state index is 0.0498. The number of aliphatic hydroxyl groups is 3. The van der Waals surface area contributed by atoms with Gasteiger partial charge in [-0.3, -0.25) is 14.4 Å². The van der Waals surface area contributed by atoms with Crippen molar-refractivity contribution in [1.29, 1.82) is 0 Å². The summed E-state index contributed by atoms with van der Waals surface area (Å²) in [7, 11) is 0. The Labute approximate surface area is 171 Å². The average Bonchev–Trinajstić information content (AvgIpc) is 2.66. The van der Waals surface area contributed by atoms with E-state index in [1.165, 1.54) is 0 Å². The molecule has 0 saturated heterocycles. The molecule has 0 aromatic carbocycles. The van der Waals surface area contributed by atoms with Gasteiger partial charge in [0.05, 0.1) is 0 Å². The Balaban J connectivity index is 4.44. The average molecular weight is 420 g/mol. The second kappa shape index (κ2) is 19.2. The van der Waals surface area contributed by atoms with Crippen molar-refractivity contribution in [2.75, 3.05) is 19.8 Å². The standard InChI is InChI=1S/3C6H12O3.Al/c3*7-5-3-1-2-4-6(8)9;/h3*7H,1-5H2,(H,8,9);/q;;;+3/p-3. The Bertz CT molecular complexity index is 369. The van der Waals surface area contributed by atoms with Crippen LogP contribution in [0, 0.1) is 0 Å². The number of rotatable bonds is 18. The maximum absolute atomic E-state index is 11.9. The molecule has 0 fully saturated rings. The first-order valence-electron chi connectivity index (χ1n) is 9.94. The molecule has 0 amide bonds. The molecule has 0 aliphatic heterocycles. The van der Waals surface area contributed by atoms with E-state index in [4.69, 9.17) is 26.7 Å². The first kappa shape index (κ1) is 26.8. The summed E-state index contributed by atoms with van der Waals surface area (Å²) < 4.78 is 15.3. The van der Waals surface area contributed by atoms with Crippen LogP contribution in [0.1, 0.15) is 77.0 Å². The number of aliphatic hydroxyl groups excluding tert-OH is 3. The number of hydrogen-bond acceptors (Lipinski definition) is 9. The summed E-state index contributed by atoms with van der Waals surface area (Å²) in [5.74, 6) is -1.80. The van der Waals surface area contributed by atoms with Crippen molar-refractivity contribution in [3.63, 3.8) is 0 Å². The first-order valence-corrected chi connectivity index (χ1v) is 11.4. The van der Waals surface area contributed by atoms with Gasteiger partial charge in [-0.15, -0.1) is 0 Å². The van der Waals surface area contributed by atoms with E-state index in [2.05, 4.69) is 0 Å². The highest BCUT2D eigenvalue weighted by atomic mass is 27.3. The molecule has 0 atom stereocenters. The van der Waals surface area contributed by atoms with Crippen molar-refractivity contribution in [3.05, 3.63) is 0 Å². The van der Waals surface area contributed by atoms with Crippen molar-refractivity contribution in [2.24, 2.45) is 0 Å². The van der Waals surface area contributed by atoms with Gasteiger partial charge in [0.25, 0.3) is 17.9 Å². The Hall–Kier alpha value is -1.18. The summed E-state index contributed by atoms with van der Waals surface area (Å²) in [5.41, 5.74) is 0. The third kappa shape index (κ3) is 17.0. The van der Waals surface area contributed by atoms with Crippen molar-refractivity contribution < 1.29 is 41.1 Å². The lowest BCUT2D eigenvalue weighted by Gasteiger charge is -2.13. The highest BCUT2D eigenvalue weighted by Crippen LogP contribution is 2.08. The number of hydrogen-bond donors (Lipinski definition) is 3. The first-order chi connectivity index (χ1) is 13.5. The highest BCUT2D eigenvalue weighted by molar-refractivity contribution is 6.44. The molecule has 9 nitrogen and oxygen atoms in total. The molecule has 0 radical (unpaired) electrons. The fourth-order valence-electron chi connectivity index (χ4n) is 2.24. The highest BCUT2D eigenvalue weighted by Gasteiger charge is 2.48. The zero-order valence-corrected chi connectivity index (χ0v) is 17.6. The van der Waals surface area contributed by atoms with Crippen LogP contribution in [0.3, 0.4) is 0 Å². The molecule has 10 heteroatoms. The van der Waals surface area contributed by atoms with Crippen molar-refractivity contribution in [3.8, 4) is 0 Å². The van der Waals surface area contributed by atoms with E-state index in [1.54, 1.807) is 0 Å². The molecular weight excluding hydrogens is 387 g/mol. The van der Waals surface area contributed by atoms with Crippen LogP contribution >= 0.6 is 0 Å². The Morgan fingerprint density at radius 3 is 1.04 bits per heavy atom. The van der Waals surface area contributed by atoms with Crippen LogP contribution in [-0.4, -0.2) is 68.2 Å². The SMILES string of the molecule is O=C(CCCCCO)[O][Al]([O]C(=O)CCCCCO)[O]C(=O)CCCCCO. The van der Waals surface area contributed by atoms with Gasteiger partial charge in [0.15, 0.2) is 0 Å². The zero-order valence-electron chi connectivity index (χ0n) is 16.5. The molecular formula is C18H33AlO9. The monoisotopic (exact) mass is 420 g/mol. The lowest BCUT2D eigenvalue weighted by atomic mass is 10.2. The topological polar surface area (TPSA) is 140 Å². The van der Waals surface area contributed by atoms with Gasteiger partial charge in [-0.25, -0.2) is 0 Å². The molecule has 0 rings (SSSR count). The predicted molar refractivity (Wildman–Crippen MR) is 101 cm³/mol. The predicted octanol–water partition coefficient (Wildman–Crippen LogP) is 1.26. The van der Waals surface area contributed by atoms with Gasteiger partial charge >= 0.3 is 15.1 Å². The lowest BCUT2D eigenvalue weighted by molar-refractivity contribution is -0.148. The van der Waals surface area contributed by atoms with Gasteiger partial charge in [0, 0.05) is 39.1 Å². The minimum Gasteiger partial charge on any atom is -0.551 e. The van der Waals surface area contributed by atoms with Gasteiger partial charge in [-0.1, -0.05) is 19.3 Å². The second-order valence-corrected chi connectivity index (χ2v) is 7.65. The number of carbonyl (C=O) groups is 3. The smallest absolute Gasteiger partial charge is 0.551 e. The van der Waals surface area contributed by atoms with E-state index in [0.717, 1.165) is 0 Å². The molecule has 0 aromatic heterocycles. The van der Waals surface area contributed by atoms with Crippen LogP contribution in [0.25, 0.3) is 0 Å². The van der Waals surface area contributed by atoms with Crippen LogP contribution in [-0.2, 0) is 25.7 Å². The maximum atomic E-state index is 11.9. The van der Waals surface area contributed by atoms with Gasteiger partial charge in [0.1, 0.15) is 0 Å². The zero-order chi connectivity index (χ0) is 21.0. The van der Waals surface area contributed by atoms with E-state index in [1.807, 2.05) is 0 Å². The molecule has 0 unspecified atom stereocenters. The van der Waals surface area contributed by atoms with E-state index >= 15 is 0 Å². The van der Waals surface area contributed by atoms with Gasteiger partial charge in [-0.05, 0) is 38.5 Å². The van der Waals surface area contributed by atoms with Gasteiger partial charge in [-0.2, -0.15) is 0 Å². The van der Waals surface area contributed by atoms with E-state index in [0.29, 0.717) is 57.8 Å². The van der Waals surface area contributed by atoms with Crippen LogP contribution in [0.4, 0.5) is 0 Å². The minimum atomic E-state index is -3.28. The van der Waals surface area contributed by atoms with Crippen molar-refractivity contribution in [2.45, 2.75) is 77.0 Å². The Morgan fingerprint density at radius 2 is 0.786 bits per heavy atom. The normalized spacial score (nSPS) is 10.4. The van der Waals surface area contributed by atoms with E-state index in [9.17, 15) is 14.4 Å². The molecule has 0 aromatic rings. The van der Waals surface area contributed by atoms with Crippen molar-refractivity contribution in [1.82, 2.24) is 0 Å². The summed E-state index contributed by atoms with van der Waals surface area (Å²) >= 11 is -3.28. The van der Waals surface area contributed by atoms with Crippen LogP contribution in [0.2, 0.25) is 0 Å². The van der Waals surface area contributed by atoms with E-state index in [-0.39, 0.29) is 39.1 Å². The third-order valence-corrected chi connectivity index (χ3v) is 5.17. The molecule has 28 heavy (non-hydrogen) atoms. The van der Waals surface area contributed by atoms with Gasteiger partial charge < -0.3 is 26.7 Å². The van der Waals surface area contributed by atoms with Gasteiger partial charge in [0.2, 0.25) is 0 Å². The molecule has 0 saturated carbocycles. The molecule has 0 spiro atoms. The summed E-state index contributed by atoms with van der Waals surface area (Å²) in [4.78, 5) is 35.7. The Kier molecular flexibility index (Phi) is 18.3. The van der Waals surface area contributed by atoms with Crippen molar-refractivity contribution >= 4 is 33.1 Å². The molecule has 3 N–H and O–H groups in total. The summed E-state index contributed by atoms with van der Waals surface area (Å²) in [6.45, 7) is 0.149. The number of carbonyl (C=O) groups excluding carboxylic acids is 3. The van der Waals surface area contributed by atoms with Crippen LogP contribution < -0.4 is 0 Å². The molecule has 0 bridgehead atoms. The fourth-order valence-corrected chi connectivity index (χ4v) is 3.39. The number of unbranched alkanes of at least 4 members (excludes halogenated alkanes) is 6.